The van der Waals surface area contributed by atoms with Gasteiger partial charge in [0.1, 0.15) is 19.0 Å². The van der Waals surface area contributed by atoms with Crippen LogP contribution in [0.1, 0.15) is 5.56 Å². The molecule has 10 nitrogen and oxygen atoms in total. The number of carbonyl (C=O) groups excluding carboxylic acids is 2. The maximum atomic E-state index is 12.8. The number of amides is 2. The van der Waals surface area contributed by atoms with Crippen LogP contribution in [0, 0.1) is 0 Å². The minimum atomic E-state index is -3.72. The zero-order chi connectivity index (χ0) is 21.5. The van der Waals surface area contributed by atoms with Gasteiger partial charge in [0.15, 0.2) is 0 Å². The molecule has 2 aliphatic rings. The number of rotatable bonds is 5. The average molecular weight is 433 g/mol. The Kier molecular flexibility index (Phi) is 5.08. The molecule has 1 aromatic heterocycles. The van der Waals surface area contributed by atoms with Gasteiger partial charge >= 0.3 is 6.09 Å². The summed E-state index contributed by atoms with van der Waals surface area (Å²) in [6, 6.07) is 11.2. The predicted molar refractivity (Wildman–Crippen MR) is 107 cm³/mol. The molecule has 158 valence electrons. The van der Waals surface area contributed by atoms with Crippen LogP contribution in [-0.4, -0.2) is 50.4 Å². The average Bonchev–Trinajstić information content (AvgIpc) is 3.10. The Morgan fingerprint density at radius 2 is 1.87 bits per heavy atom. The fourth-order valence-corrected chi connectivity index (χ4v) is 3.98. The van der Waals surface area contributed by atoms with Gasteiger partial charge in [0.2, 0.25) is 5.91 Å². The third-order valence-electron chi connectivity index (χ3n) is 4.87. The van der Waals surface area contributed by atoms with Crippen molar-refractivity contribution < 1.29 is 26.9 Å². The molecule has 11 heteroatoms. The van der Waals surface area contributed by atoms with Crippen LogP contribution in [-0.2, 0) is 37.0 Å². The summed E-state index contributed by atoms with van der Waals surface area (Å²) in [6.45, 7) is -0.484. The Morgan fingerprint density at radius 3 is 2.57 bits per heavy atom. The zero-order valence-corrected chi connectivity index (χ0v) is 16.9. The summed E-state index contributed by atoms with van der Waals surface area (Å²) in [5, 5.41) is 0. The molecule has 0 saturated carbocycles. The lowest BCUT2D eigenvalue weighted by Crippen LogP contribution is -2.51. The van der Waals surface area contributed by atoms with E-state index in [2.05, 4.69) is 0 Å². The fraction of sp³-hybridized carbons (Fsp3) is 0.316. The summed E-state index contributed by atoms with van der Waals surface area (Å²) in [4.78, 5) is 40.3. The molecule has 30 heavy (non-hydrogen) atoms. The fourth-order valence-electron chi connectivity index (χ4n) is 3.57. The van der Waals surface area contributed by atoms with E-state index in [1.165, 1.54) is 26.5 Å². The van der Waals surface area contributed by atoms with Crippen molar-refractivity contribution in [1.82, 2.24) is 4.57 Å². The molecule has 0 N–H and O–H groups in total. The molecule has 2 amide bonds. The van der Waals surface area contributed by atoms with Crippen molar-refractivity contribution in [3.05, 3.63) is 58.4 Å². The van der Waals surface area contributed by atoms with Crippen LogP contribution in [0.5, 0.6) is 0 Å². The second-order valence-electron chi connectivity index (χ2n) is 7.02. The summed E-state index contributed by atoms with van der Waals surface area (Å²) in [6.07, 6.45) is 0.194. The number of ether oxygens (including phenoxy) is 1. The number of hydrogen-bond donors (Lipinski definition) is 0. The van der Waals surface area contributed by atoms with Crippen LogP contribution in [0.2, 0.25) is 0 Å². The molecule has 0 fully saturated rings. The highest BCUT2D eigenvalue weighted by Gasteiger charge is 2.43. The van der Waals surface area contributed by atoms with Gasteiger partial charge < -0.3 is 4.74 Å². The van der Waals surface area contributed by atoms with Gasteiger partial charge in [-0.2, -0.15) is 8.42 Å². The van der Waals surface area contributed by atoms with Crippen LogP contribution in [0.15, 0.2) is 47.3 Å². The first-order valence-electron chi connectivity index (χ1n) is 9.13. The molecule has 4 rings (SSSR count). The molecule has 1 atom stereocenters. The summed E-state index contributed by atoms with van der Waals surface area (Å²) in [5.74, 6) is -0.226. The Hall–Kier alpha value is -3.18. The van der Waals surface area contributed by atoms with E-state index in [1.807, 2.05) is 30.3 Å². The number of pyridine rings is 1. The molecule has 0 aliphatic carbocycles. The third kappa shape index (κ3) is 3.81. The molecule has 0 unspecified atom stereocenters. The highest BCUT2D eigenvalue weighted by Crippen LogP contribution is 2.38. The topological polar surface area (TPSA) is 115 Å². The SMILES string of the molecule is CS(=O)(=O)OC[C@@H]1Cn2c3c(ccc2=O)N(C(=O)OCc2ccccc2)CC(=O)N31. The Bertz CT molecular complexity index is 1160. The molecule has 0 saturated heterocycles. The van der Waals surface area contributed by atoms with E-state index in [1.54, 1.807) is 0 Å². The number of nitrogens with zero attached hydrogens (tertiary/aromatic N) is 3. The smallest absolute Gasteiger partial charge is 0.415 e. The molecule has 1 aromatic carbocycles. The van der Waals surface area contributed by atoms with E-state index in [0.717, 1.165) is 11.8 Å². The van der Waals surface area contributed by atoms with Crippen molar-refractivity contribution in [3.63, 3.8) is 0 Å². The van der Waals surface area contributed by atoms with E-state index in [-0.39, 0.29) is 37.7 Å². The summed E-state index contributed by atoms with van der Waals surface area (Å²) in [5.41, 5.74) is 0.769. The number of anilines is 2. The lowest BCUT2D eigenvalue weighted by molar-refractivity contribution is -0.118. The first-order valence-corrected chi connectivity index (χ1v) is 10.9. The van der Waals surface area contributed by atoms with Crippen LogP contribution in [0.25, 0.3) is 0 Å². The van der Waals surface area contributed by atoms with Gasteiger partial charge in [0.05, 0.1) is 31.1 Å². The highest BCUT2D eigenvalue weighted by atomic mass is 32.2. The van der Waals surface area contributed by atoms with Gasteiger partial charge in [-0.25, -0.2) is 4.79 Å². The van der Waals surface area contributed by atoms with Crippen molar-refractivity contribution in [2.45, 2.75) is 19.2 Å². The Morgan fingerprint density at radius 1 is 1.13 bits per heavy atom. The second kappa shape index (κ2) is 7.58. The molecule has 3 heterocycles. The highest BCUT2D eigenvalue weighted by molar-refractivity contribution is 7.85. The Balaban J connectivity index is 1.61. The first-order chi connectivity index (χ1) is 14.2. The predicted octanol–water partition coefficient (Wildman–Crippen LogP) is 0.696. The van der Waals surface area contributed by atoms with E-state index in [9.17, 15) is 22.8 Å². The van der Waals surface area contributed by atoms with Gasteiger partial charge in [-0.3, -0.25) is 28.1 Å². The standard InChI is InChI=1S/C19H19N3O7S/c1-30(26,27)29-12-14-9-21-16(23)8-7-15-18(21)22(14)17(24)10-20(15)19(25)28-11-13-5-3-2-4-6-13/h2-8,14H,9-12H2,1H3/t14-/m0/s1. The van der Waals surface area contributed by atoms with E-state index in [0.29, 0.717) is 5.69 Å². The zero-order valence-electron chi connectivity index (χ0n) is 16.1. The summed E-state index contributed by atoms with van der Waals surface area (Å²) >= 11 is 0. The molecular weight excluding hydrogens is 414 g/mol. The minimum absolute atomic E-state index is 0.0356. The van der Waals surface area contributed by atoms with Gasteiger partial charge in [0, 0.05) is 6.07 Å². The molecule has 0 bridgehead atoms. The molecule has 0 radical (unpaired) electrons. The summed E-state index contributed by atoms with van der Waals surface area (Å²) < 4.78 is 34.2. The normalized spacial score (nSPS) is 17.8. The van der Waals surface area contributed by atoms with E-state index < -0.39 is 28.2 Å². The van der Waals surface area contributed by atoms with Crippen molar-refractivity contribution in [2.24, 2.45) is 0 Å². The van der Waals surface area contributed by atoms with Crippen molar-refractivity contribution >= 4 is 33.6 Å². The van der Waals surface area contributed by atoms with Crippen LogP contribution >= 0.6 is 0 Å². The number of aromatic nitrogens is 1. The van der Waals surface area contributed by atoms with Crippen molar-refractivity contribution in [2.75, 3.05) is 29.2 Å². The van der Waals surface area contributed by atoms with Crippen LogP contribution < -0.4 is 15.4 Å². The summed E-state index contributed by atoms with van der Waals surface area (Å²) in [7, 11) is -3.72. The molecular formula is C19H19N3O7S. The van der Waals surface area contributed by atoms with Gasteiger partial charge in [0.25, 0.3) is 15.7 Å². The minimum Gasteiger partial charge on any atom is -0.444 e. The van der Waals surface area contributed by atoms with Crippen LogP contribution in [0.4, 0.5) is 16.3 Å². The van der Waals surface area contributed by atoms with Crippen LogP contribution in [0.3, 0.4) is 0 Å². The largest absolute Gasteiger partial charge is 0.444 e. The number of benzene rings is 1. The van der Waals surface area contributed by atoms with E-state index in [4.69, 9.17) is 8.92 Å². The lowest BCUT2D eigenvalue weighted by atomic mass is 10.2. The van der Waals surface area contributed by atoms with Gasteiger partial charge in [-0.05, 0) is 11.6 Å². The van der Waals surface area contributed by atoms with Gasteiger partial charge in [-0.15, -0.1) is 0 Å². The quantitative estimate of drug-likeness (QED) is 0.638. The third-order valence-corrected chi connectivity index (χ3v) is 5.44. The molecule has 0 spiro atoms. The van der Waals surface area contributed by atoms with E-state index >= 15 is 0 Å². The lowest BCUT2D eigenvalue weighted by Gasteiger charge is -2.34. The monoisotopic (exact) mass is 433 g/mol. The second-order valence-corrected chi connectivity index (χ2v) is 8.67. The maximum Gasteiger partial charge on any atom is 0.415 e. The first kappa shape index (κ1) is 20.1. The molecule has 2 aliphatic heterocycles. The Labute approximate surface area is 172 Å². The van der Waals surface area contributed by atoms with Crippen molar-refractivity contribution in [1.29, 1.82) is 0 Å². The molecule has 2 aromatic rings. The van der Waals surface area contributed by atoms with Gasteiger partial charge in [-0.1, -0.05) is 30.3 Å². The van der Waals surface area contributed by atoms with Crippen molar-refractivity contribution in [3.8, 4) is 0 Å². The number of carbonyl (C=O) groups is 2. The maximum absolute atomic E-state index is 12.8. The number of hydrogen-bond acceptors (Lipinski definition) is 7.